The number of anilines is 1. The molecule has 22 heavy (non-hydrogen) atoms. The van der Waals surface area contributed by atoms with E-state index in [0.717, 1.165) is 6.42 Å². The fourth-order valence-electron chi connectivity index (χ4n) is 2.10. The predicted octanol–water partition coefficient (Wildman–Crippen LogP) is 2.08. The van der Waals surface area contributed by atoms with Gasteiger partial charge >= 0.3 is 0 Å². The summed E-state index contributed by atoms with van der Waals surface area (Å²) in [6.07, 6.45) is 1.50. The minimum absolute atomic E-state index is 0.176. The molecule has 6 heteroatoms. The summed E-state index contributed by atoms with van der Waals surface area (Å²) >= 11 is 0. The first-order valence-electron chi connectivity index (χ1n) is 7.38. The van der Waals surface area contributed by atoms with E-state index in [1.54, 1.807) is 31.2 Å². The molecule has 3 N–H and O–H groups in total. The second-order valence-electron chi connectivity index (χ2n) is 5.15. The van der Waals surface area contributed by atoms with Crippen LogP contribution < -0.4 is 15.8 Å². The number of hydrogen-bond acceptors (Lipinski definition) is 4. The molecule has 1 rings (SSSR count). The molecule has 0 spiro atoms. The van der Waals surface area contributed by atoms with Crippen molar-refractivity contribution in [1.82, 2.24) is 0 Å². The van der Waals surface area contributed by atoms with Crippen LogP contribution in [0.2, 0.25) is 0 Å². The Balaban J connectivity index is 2.68. The zero-order chi connectivity index (χ0) is 16.6. The quantitative estimate of drug-likeness (QED) is 0.731. The van der Waals surface area contributed by atoms with Crippen LogP contribution in [0.3, 0.4) is 0 Å². The van der Waals surface area contributed by atoms with Crippen molar-refractivity contribution in [3.05, 3.63) is 24.3 Å². The van der Waals surface area contributed by atoms with Crippen LogP contribution in [0.15, 0.2) is 24.3 Å². The van der Waals surface area contributed by atoms with Crippen LogP contribution >= 0.6 is 0 Å². The lowest BCUT2D eigenvalue weighted by Gasteiger charge is -2.27. The third-order valence-corrected chi connectivity index (χ3v) is 3.16. The minimum atomic E-state index is -0.843. The highest BCUT2D eigenvalue weighted by Crippen LogP contribution is 2.22. The van der Waals surface area contributed by atoms with Gasteiger partial charge in [-0.05, 0) is 44.5 Å². The van der Waals surface area contributed by atoms with Gasteiger partial charge < -0.3 is 20.5 Å². The summed E-state index contributed by atoms with van der Waals surface area (Å²) in [5.41, 5.74) is 4.80. The molecule has 1 aromatic rings. The summed E-state index contributed by atoms with van der Waals surface area (Å²) in [5, 5.41) is 2.83. The smallest absolute Gasteiger partial charge is 0.256 e. The molecule has 1 aromatic carbocycles. The van der Waals surface area contributed by atoms with Crippen LogP contribution in [-0.2, 0) is 14.3 Å². The van der Waals surface area contributed by atoms with E-state index in [4.69, 9.17) is 15.2 Å². The molecular weight excluding hydrogens is 284 g/mol. The maximum Gasteiger partial charge on any atom is 0.256 e. The van der Waals surface area contributed by atoms with E-state index in [0.29, 0.717) is 24.5 Å². The number of rotatable bonds is 9. The Kier molecular flexibility index (Phi) is 6.85. The summed E-state index contributed by atoms with van der Waals surface area (Å²) in [5.74, 6) is -0.204. The molecular formula is C16H24N2O4. The van der Waals surface area contributed by atoms with Crippen LogP contribution in [0.25, 0.3) is 0 Å². The number of primary amides is 1. The fraction of sp³-hybridized carbons (Fsp3) is 0.500. The van der Waals surface area contributed by atoms with Crippen LogP contribution in [0, 0.1) is 0 Å². The Hall–Kier alpha value is -2.08. The molecule has 1 atom stereocenters. The molecule has 0 bridgehead atoms. The molecule has 0 saturated carbocycles. The third kappa shape index (κ3) is 5.37. The van der Waals surface area contributed by atoms with E-state index in [9.17, 15) is 9.59 Å². The number of benzene rings is 1. The van der Waals surface area contributed by atoms with Gasteiger partial charge in [0.25, 0.3) is 11.8 Å². The molecule has 1 unspecified atom stereocenters. The second kappa shape index (κ2) is 8.38. The maximum absolute atomic E-state index is 12.4. The van der Waals surface area contributed by atoms with Crippen LogP contribution in [0.5, 0.6) is 5.75 Å². The lowest BCUT2D eigenvalue weighted by atomic mass is 9.99. The normalized spacial score (nSPS) is 13.2. The first-order chi connectivity index (χ1) is 10.4. The van der Waals surface area contributed by atoms with Gasteiger partial charge in [0, 0.05) is 12.3 Å². The largest absolute Gasteiger partial charge is 0.484 e. The maximum atomic E-state index is 12.4. The second-order valence-corrected chi connectivity index (χ2v) is 5.15. The van der Waals surface area contributed by atoms with Gasteiger partial charge in [-0.1, -0.05) is 13.3 Å². The topological polar surface area (TPSA) is 90.7 Å². The Labute approximate surface area is 131 Å². The van der Waals surface area contributed by atoms with Gasteiger partial charge in [-0.3, -0.25) is 9.59 Å². The van der Waals surface area contributed by atoms with Crippen molar-refractivity contribution in [1.29, 1.82) is 0 Å². The Morgan fingerprint density at radius 3 is 2.36 bits per heavy atom. The number of carbonyl (C=O) groups excluding carboxylic acids is 2. The van der Waals surface area contributed by atoms with Gasteiger partial charge in [-0.25, -0.2) is 0 Å². The van der Waals surface area contributed by atoms with E-state index in [1.807, 2.05) is 13.8 Å². The van der Waals surface area contributed by atoms with E-state index in [1.165, 1.54) is 0 Å². The van der Waals surface area contributed by atoms with Gasteiger partial charge in [0.1, 0.15) is 11.4 Å². The van der Waals surface area contributed by atoms with Crippen LogP contribution in [0.1, 0.15) is 33.6 Å². The van der Waals surface area contributed by atoms with E-state index < -0.39 is 11.5 Å². The lowest BCUT2D eigenvalue weighted by Crippen LogP contribution is -2.42. The average molecular weight is 308 g/mol. The summed E-state index contributed by atoms with van der Waals surface area (Å²) in [7, 11) is 0. The number of nitrogens with two attached hydrogens (primary N) is 1. The molecule has 0 saturated heterocycles. The predicted molar refractivity (Wildman–Crippen MR) is 84.7 cm³/mol. The highest BCUT2D eigenvalue weighted by Gasteiger charge is 2.32. The van der Waals surface area contributed by atoms with E-state index >= 15 is 0 Å². The highest BCUT2D eigenvalue weighted by molar-refractivity contribution is 5.97. The molecule has 0 aliphatic heterocycles. The zero-order valence-electron chi connectivity index (χ0n) is 13.3. The third-order valence-electron chi connectivity index (χ3n) is 3.16. The SMILES string of the molecule is CCCC(C)(OCC)C(=O)Nc1ccc(OCC(N)=O)cc1. The number of carbonyl (C=O) groups is 2. The monoisotopic (exact) mass is 308 g/mol. The Morgan fingerprint density at radius 2 is 1.86 bits per heavy atom. The summed E-state index contributed by atoms with van der Waals surface area (Å²) < 4.78 is 10.8. The van der Waals surface area contributed by atoms with Crippen molar-refractivity contribution in [3.8, 4) is 5.75 Å². The number of hydrogen-bond donors (Lipinski definition) is 2. The van der Waals surface area contributed by atoms with E-state index in [-0.39, 0.29) is 12.5 Å². The molecule has 6 nitrogen and oxygen atoms in total. The summed E-state index contributed by atoms with van der Waals surface area (Å²) in [6, 6.07) is 6.73. The number of amides is 2. The van der Waals surface area contributed by atoms with Gasteiger partial charge in [-0.15, -0.1) is 0 Å². The van der Waals surface area contributed by atoms with Crippen LogP contribution in [0.4, 0.5) is 5.69 Å². The average Bonchev–Trinajstić information content (AvgIpc) is 2.47. The van der Waals surface area contributed by atoms with Gasteiger partial charge in [0.05, 0.1) is 0 Å². The van der Waals surface area contributed by atoms with Crippen molar-refractivity contribution >= 4 is 17.5 Å². The zero-order valence-corrected chi connectivity index (χ0v) is 13.3. The highest BCUT2D eigenvalue weighted by atomic mass is 16.5. The van der Waals surface area contributed by atoms with Gasteiger partial charge in [-0.2, -0.15) is 0 Å². The molecule has 0 aliphatic carbocycles. The Morgan fingerprint density at radius 1 is 1.23 bits per heavy atom. The van der Waals surface area contributed by atoms with Crippen molar-refractivity contribution in [2.75, 3.05) is 18.5 Å². The van der Waals surface area contributed by atoms with Crippen molar-refractivity contribution < 1.29 is 19.1 Å². The van der Waals surface area contributed by atoms with E-state index in [2.05, 4.69) is 5.32 Å². The van der Waals surface area contributed by atoms with Gasteiger partial charge in [0.15, 0.2) is 6.61 Å². The van der Waals surface area contributed by atoms with Crippen LogP contribution in [-0.4, -0.2) is 30.6 Å². The first kappa shape index (κ1) is 18.0. The summed E-state index contributed by atoms with van der Waals surface area (Å²) in [6.45, 7) is 5.97. The minimum Gasteiger partial charge on any atom is -0.484 e. The molecule has 0 aliphatic rings. The molecule has 0 heterocycles. The van der Waals surface area contributed by atoms with Crippen molar-refractivity contribution in [3.63, 3.8) is 0 Å². The Bertz CT molecular complexity index is 493. The molecule has 0 aromatic heterocycles. The van der Waals surface area contributed by atoms with Crippen molar-refractivity contribution in [2.45, 2.75) is 39.2 Å². The lowest BCUT2D eigenvalue weighted by molar-refractivity contribution is -0.139. The number of ether oxygens (including phenoxy) is 2. The summed E-state index contributed by atoms with van der Waals surface area (Å²) in [4.78, 5) is 23.0. The number of nitrogens with one attached hydrogen (secondary N) is 1. The molecule has 0 radical (unpaired) electrons. The molecule has 0 fully saturated rings. The standard InChI is InChI=1S/C16H24N2O4/c1-4-10-16(3,22-5-2)15(20)18-12-6-8-13(9-7-12)21-11-14(17)19/h6-9H,4-5,10-11H2,1-3H3,(H2,17,19)(H,18,20). The molecule has 2 amide bonds. The van der Waals surface area contributed by atoms with Gasteiger partial charge in [0.2, 0.25) is 0 Å². The first-order valence-corrected chi connectivity index (χ1v) is 7.38. The van der Waals surface area contributed by atoms with Crippen molar-refractivity contribution in [2.24, 2.45) is 5.73 Å². The molecule has 122 valence electrons. The fourth-order valence-corrected chi connectivity index (χ4v) is 2.10.